The summed E-state index contributed by atoms with van der Waals surface area (Å²) in [5, 5.41) is 11.6. The molecule has 3 aliphatic rings. The van der Waals surface area contributed by atoms with Crippen molar-refractivity contribution in [1.82, 2.24) is 24.3 Å². The van der Waals surface area contributed by atoms with E-state index in [1.807, 2.05) is 37.6 Å². The van der Waals surface area contributed by atoms with Gasteiger partial charge in [-0.05, 0) is 53.5 Å². The predicted molar refractivity (Wildman–Crippen MR) is 144 cm³/mol. The highest BCUT2D eigenvalue weighted by molar-refractivity contribution is 6.33. The van der Waals surface area contributed by atoms with Crippen molar-refractivity contribution in [2.45, 2.75) is 89.3 Å². The highest BCUT2D eigenvalue weighted by Gasteiger charge is 2.45. The molecule has 0 aromatic carbocycles. The van der Waals surface area contributed by atoms with Crippen LogP contribution in [0.5, 0.6) is 0 Å². The average molecular weight is 566 g/mol. The zero-order valence-electron chi connectivity index (χ0n) is 23.4. The molecule has 3 fully saturated rings. The van der Waals surface area contributed by atoms with Crippen molar-refractivity contribution in [2.75, 3.05) is 39.3 Å². The van der Waals surface area contributed by atoms with Gasteiger partial charge in [-0.3, -0.25) is 4.90 Å². The lowest BCUT2D eigenvalue weighted by Gasteiger charge is -2.48. The summed E-state index contributed by atoms with van der Waals surface area (Å²) < 4.78 is 26.5. The average Bonchev–Trinajstić information content (AvgIpc) is 3.41. The normalized spacial score (nSPS) is 28.9. The molecule has 11 nitrogen and oxygen atoms in total. The maximum absolute atomic E-state index is 12.8. The Morgan fingerprint density at radius 1 is 1.23 bits per heavy atom. The Hall–Kier alpha value is -2.02. The van der Waals surface area contributed by atoms with Gasteiger partial charge in [-0.15, -0.1) is 0 Å². The molecular weight excluding hydrogens is 526 g/mol. The van der Waals surface area contributed by atoms with Crippen LogP contribution >= 0.6 is 11.6 Å². The Kier molecular flexibility index (Phi) is 7.86. The van der Waals surface area contributed by atoms with E-state index in [0.29, 0.717) is 50.0 Å². The maximum atomic E-state index is 12.8. The summed E-state index contributed by atoms with van der Waals surface area (Å²) in [6.45, 7) is 12.8. The number of likely N-dealkylation sites (tertiary alicyclic amines) is 1. The first-order valence-corrected chi connectivity index (χ1v) is 14.1. The number of aliphatic hydroxyl groups is 1. The van der Waals surface area contributed by atoms with Gasteiger partial charge in [-0.1, -0.05) is 11.6 Å². The molecule has 3 aliphatic heterocycles. The summed E-state index contributed by atoms with van der Waals surface area (Å²) in [4.78, 5) is 25.4. The maximum Gasteiger partial charge on any atom is 0.410 e. The van der Waals surface area contributed by atoms with Crippen molar-refractivity contribution in [1.29, 1.82) is 0 Å². The SMILES string of the molecule is CC(C)(C)OC(=O)N1CCCC2(CN(C[C@@H]3C[C@@H](OC(C)(C)O)[C@H](n4ccc5c(Cl)ncnc54)O3)CCO2)C1. The van der Waals surface area contributed by atoms with E-state index in [-0.39, 0.29) is 12.2 Å². The summed E-state index contributed by atoms with van der Waals surface area (Å²) in [7, 11) is 0. The molecule has 0 saturated carbocycles. The largest absolute Gasteiger partial charge is 0.444 e. The van der Waals surface area contributed by atoms with Crippen LogP contribution in [0.15, 0.2) is 18.6 Å². The van der Waals surface area contributed by atoms with Crippen LogP contribution in [-0.4, -0.2) is 104 Å². The second kappa shape index (κ2) is 10.8. The van der Waals surface area contributed by atoms with Crippen molar-refractivity contribution in [3.8, 4) is 0 Å². The number of morpholine rings is 1. The smallest absolute Gasteiger partial charge is 0.410 e. The lowest BCUT2D eigenvalue weighted by Crippen LogP contribution is -2.61. The topological polar surface area (TPSA) is 111 Å². The van der Waals surface area contributed by atoms with E-state index >= 15 is 0 Å². The number of ether oxygens (including phenoxy) is 4. The van der Waals surface area contributed by atoms with E-state index in [1.165, 1.54) is 6.33 Å². The molecule has 1 spiro atoms. The molecule has 0 radical (unpaired) electrons. The minimum atomic E-state index is -1.33. The van der Waals surface area contributed by atoms with Gasteiger partial charge >= 0.3 is 6.09 Å². The van der Waals surface area contributed by atoms with Gasteiger partial charge in [0.25, 0.3) is 0 Å². The van der Waals surface area contributed by atoms with Crippen LogP contribution in [0.4, 0.5) is 4.79 Å². The fourth-order valence-corrected chi connectivity index (χ4v) is 6.09. The minimum Gasteiger partial charge on any atom is -0.444 e. The van der Waals surface area contributed by atoms with E-state index < -0.39 is 29.3 Å². The minimum absolute atomic E-state index is 0.141. The monoisotopic (exact) mass is 565 g/mol. The lowest BCUT2D eigenvalue weighted by atomic mass is 9.90. The van der Waals surface area contributed by atoms with Crippen LogP contribution < -0.4 is 0 Å². The van der Waals surface area contributed by atoms with E-state index in [0.717, 1.165) is 24.8 Å². The van der Waals surface area contributed by atoms with Crippen molar-refractivity contribution in [3.63, 3.8) is 0 Å². The molecule has 0 bridgehead atoms. The standard InChI is InChI=1S/C27H40ClN5O6/c1-25(2,3)39-24(34)32-9-6-8-27(16-32)15-31(11-12-36-27)14-18-13-20(38-26(4,5)35)23(37-18)33-10-7-19-21(28)29-17-30-22(19)33/h7,10,17-18,20,23,35H,6,8-9,11-16H2,1-5H3/t18-,20+,23+,27?/m0/s1. The number of hydrogen-bond donors (Lipinski definition) is 1. The van der Waals surface area contributed by atoms with Crippen LogP contribution in [-0.2, 0) is 18.9 Å². The van der Waals surface area contributed by atoms with E-state index in [1.54, 1.807) is 18.7 Å². The van der Waals surface area contributed by atoms with Crippen LogP contribution in [0.25, 0.3) is 11.0 Å². The molecule has 1 unspecified atom stereocenters. The fraction of sp³-hybridized carbons (Fsp3) is 0.741. The van der Waals surface area contributed by atoms with Gasteiger partial charge in [0.1, 0.15) is 28.8 Å². The molecule has 5 rings (SSSR count). The summed E-state index contributed by atoms with van der Waals surface area (Å²) in [6.07, 6.45) is 4.33. The first kappa shape index (κ1) is 28.5. The number of amides is 1. The Bertz CT molecular complexity index is 1180. The molecule has 39 heavy (non-hydrogen) atoms. The highest BCUT2D eigenvalue weighted by Crippen LogP contribution is 2.37. The van der Waals surface area contributed by atoms with Crippen molar-refractivity contribution >= 4 is 28.7 Å². The number of piperidine rings is 1. The van der Waals surface area contributed by atoms with Crippen LogP contribution in [0.1, 0.15) is 60.1 Å². The van der Waals surface area contributed by atoms with Gasteiger partial charge in [0.15, 0.2) is 12.0 Å². The molecule has 216 valence electrons. The molecule has 2 aromatic heterocycles. The Balaban J connectivity index is 1.28. The van der Waals surface area contributed by atoms with E-state index in [2.05, 4.69) is 14.9 Å². The summed E-state index contributed by atoms with van der Waals surface area (Å²) in [5.41, 5.74) is -0.319. The number of nitrogens with zero attached hydrogens (tertiary/aromatic N) is 5. The van der Waals surface area contributed by atoms with Gasteiger partial charge in [0, 0.05) is 38.8 Å². The van der Waals surface area contributed by atoms with Gasteiger partial charge in [0.2, 0.25) is 0 Å². The zero-order valence-corrected chi connectivity index (χ0v) is 24.2. The van der Waals surface area contributed by atoms with Crippen LogP contribution in [0.2, 0.25) is 5.15 Å². The zero-order chi connectivity index (χ0) is 28.0. The molecule has 0 aliphatic carbocycles. The lowest BCUT2D eigenvalue weighted by molar-refractivity contribution is -0.222. The van der Waals surface area contributed by atoms with Crippen molar-refractivity contribution < 1.29 is 28.8 Å². The molecule has 5 heterocycles. The molecule has 1 N–H and O–H groups in total. The van der Waals surface area contributed by atoms with Crippen LogP contribution in [0, 0.1) is 0 Å². The first-order chi connectivity index (χ1) is 18.3. The molecular formula is C27H40ClN5O6. The molecule has 12 heteroatoms. The fourth-order valence-electron chi connectivity index (χ4n) is 5.89. The quantitative estimate of drug-likeness (QED) is 0.429. The molecule has 2 aromatic rings. The van der Waals surface area contributed by atoms with Crippen molar-refractivity contribution in [2.24, 2.45) is 0 Å². The number of carbonyl (C=O) groups is 1. The molecule has 1 amide bonds. The van der Waals surface area contributed by atoms with Crippen molar-refractivity contribution in [3.05, 3.63) is 23.7 Å². The third-order valence-corrected chi connectivity index (χ3v) is 7.60. The molecule has 3 saturated heterocycles. The Labute approximate surface area is 234 Å². The number of hydrogen-bond acceptors (Lipinski definition) is 9. The third kappa shape index (κ3) is 6.66. The number of rotatable bonds is 5. The van der Waals surface area contributed by atoms with Gasteiger partial charge < -0.3 is 33.5 Å². The number of fused-ring (bicyclic) bond motifs is 1. The number of halogens is 1. The highest BCUT2D eigenvalue weighted by atomic mass is 35.5. The Morgan fingerprint density at radius 3 is 2.77 bits per heavy atom. The number of aromatic nitrogens is 3. The predicted octanol–water partition coefficient (Wildman–Crippen LogP) is 3.59. The van der Waals surface area contributed by atoms with E-state index in [4.69, 9.17) is 30.5 Å². The molecule has 4 atom stereocenters. The summed E-state index contributed by atoms with van der Waals surface area (Å²) in [5.74, 6) is -1.33. The van der Waals surface area contributed by atoms with Gasteiger partial charge in [-0.25, -0.2) is 14.8 Å². The second-order valence-electron chi connectivity index (χ2n) is 12.4. The summed E-state index contributed by atoms with van der Waals surface area (Å²) in [6, 6.07) is 1.86. The van der Waals surface area contributed by atoms with Gasteiger partial charge in [0.05, 0.1) is 30.2 Å². The van der Waals surface area contributed by atoms with Crippen LogP contribution in [0.3, 0.4) is 0 Å². The van der Waals surface area contributed by atoms with Gasteiger partial charge in [-0.2, -0.15) is 0 Å². The second-order valence-corrected chi connectivity index (χ2v) is 12.7. The van der Waals surface area contributed by atoms with E-state index in [9.17, 15) is 9.90 Å². The summed E-state index contributed by atoms with van der Waals surface area (Å²) >= 11 is 6.28. The number of carbonyl (C=O) groups excluding carboxylic acids is 1. The third-order valence-electron chi connectivity index (χ3n) is 7.30. The Morgan fingerprint density at radius 2 is 2.03 bits per heavy atom. The first-order valence-electron chi connectivity index (χ1n) is 13.7.